The highest BCUT2D eigenvalue weighted by molar-refractivity contribution is 7.99. The predicted octanol–water partition coefficient (Wildman–Crippen LogP) is 1.53. The van der Waals surface area contributed by atoms with Gasteiger partial charge in [-0.15, -0.1) is 0 Å². The van der Waals surface area contributed by atoms with Crippen molar-refractivity contribution in [2.75, 3.05) is 44.4 Å². The van der Waals surface area contributed by atoms with E-state index in [-0.39, 0.29) is 11.4 Å². The maximum atomic E-state index is 12.2. The number of hydrogen-bond acceptors (Lipinski definition) is 5. The van der Waals surface area contributed by atoms with Crippen LogP contribution in [-0.2, 0) is 4.74 Å². The monoisotopic (exact) mass is 310 g/mol. The van der Waals surface area contributed by atoms with Crippen LogP contribution in [0.5, 0.6) is 0 Å². The van der Waals surface area contributed by atoms with Crippen molar-refractivity contribution in [3.8, 4) is 0 Å². The minimum absolute atomic E-state index is 0.0751. The third-order valence-corrected chi connectivity index (χ3v) is 5.54. The molecule has 6 heteroatoms. The Morgan fingerprint density at radius 1 is 1.43 bits per heavy atom. The van der Waals surface area contributed by atoms with Crippen LogP contribution in [0.15, 0.2) is 16.5 Å². The van der Waals surface area contributed by atoms with Crippen LogP contribution in [-0.4, -0.2) is 60.7 Å². The fourth-order valence-corrected chi connectivity index (χ4v) is 4.50. The summed E-state index contributed by atoms with van der Waals surface area (Å²) in [5.74, 6) is 3.28. The highest BCUT2D eigenvalue weighted by Crippen LogP contribution is 2.33. The number of thioether (sulfide) groups is 1. The van der Waals surface area contributed by atoms with Gasteiger partial charge in [-0.2, -0.15) is 11.8 Å². The smallest absolute Gasteiger partial charge is 0.287 e. The normalized spacial score (nSPS) is 26.9. The summed E-state index contributed by atoms with van der Waals surface area (Å²) >= 11 is 1.97. The Bertz CT molecular complexity index is 491. The Kier molecular flexibility index (Phi) is 4.57. The Morgan fingerprint density at radius 3 is 2.86 bits per heavy atom. The van der Waals surface area contributed by atoms with Gasteiger partial charge in [0, 0.05) is 30.9 Å². The molecule has 21 heavy (non-hydrogen) atoms. The van der Waals surface area contributed by atoms with Crippen molar-refractivity contribution in [3.63, 3.8) is 0 Å². The lowest BCUT2D eigenvalue weighted by Crippen LogP contribution is -2.59. The van der Waals surface area contributed by atoms with Crippen LogP contribution in [0.2, 0.25) is 0 Å². The lowest BCUT2D eigenvalue weighted by molar-refractivity contribution is -0.0129. The average molecular weight is 310 g/mol. The summed E-state index contributed by atoms with van der Waals surface area (Å²) in [5.41, 5.74) is 0.0751. The number of hydrogen-bond donors (Lipinski definition) is 1. The van der Waals surface area contributed by atoms with E-state index in [0.717, 1.165) is 50.0 Å². The molecule has 116 valence electrons. The molecule has 2 aliphatic rings. The summed E-state index contributed by atoms with van der Waals surface area (Å²) in [7, 11) is 0. The van der Waals surface area contributed by atoms with E-state index >= 15 is 0 Å². The lowest BCUT2D eigenvalue weighted by Gasteiger charge is -2.42. The number of morpholine rings is 1. The molecule has 1 amide bonds. The van der Waals surface area contributed by atoms with Gasteiger partial charge in [-0.3, -0.25) is 9.69 Å². The van der Waals surface area contributed by atoms with Crippen molar-refractivity contribution >= 4 is 17.7 Å². The molecule has 0 spiro atoms. The number of nitrogens with zero attached hydrogens (tertiary/aromatic N) is 1. The van der Waals surface area contributed by atoms with Crippen molar-refractivity contribution in [2.24, 2.45) is 0 Å². The Labute approximate surface area is 129 Å². The Morgan fingerprint density at radius 2 is 2.24 bits per heavy atom. The van der Waals surface area contributed by atoms with Gasteiger partial charge in [0.2, 0.25) is 0 Å². The second kappa shape index (κ2) is 6.42. The number of ether oxygens (including phenoxy) is 1. The van der Waals surface area contributed by atoms with Gasteiger partial charge in [-0.1, -0.05) is 0 Å². The van der Waals surface area contributed by atoms with Gasteiger partial charge >= 0.3 is 0 Å². The van der Waals surface area contributed by atoms with Crippen LogP contribution in [0, 0.1) is 6.92 Å². The van der Waals surface area contributed by atoms with E-state index in [4.69, 9.17) is 9.15 Å². The topological polar surface area (TPSA) is 54.7 Å². The van der Waals surface area contributed by atoms with Gasteiger partial charge in [0.25, 0.3) is 5.91 Å². The van der Waals surface area contributed by atoms with Crippen LogP contribution >= 0.6 is 11.8 Å². The number of carbonyl (C=O) groups is 1. The first-order chi connectivity index (χ1) is 10.2. The van der Waals surface area contributed by atoms with E-state index in [2.05, 4.69) is 10.2 Å². The molecule has 1 atom stereocenters. The second-order valence-corrected chi connectivity index (χ2v) is 6.82. The highest BCUT2D eigenvalue weighted by atomic mass is 32.2. The van der Waals surface area contributed by atoms with Crippen molar-refractivity contribution in [1.29, 1.82) is 0 Å². The van der Waals surface area contributed by atoms with Gasteiger partial charge in [0.15, 0.2) is 5.76 Å². The van der Waals surface area contributed by atoms with Gasteiger partial charge in [0.05, 0.1) is 13.2 Å². The first-order valence-corrected chi connectivity index (χ1v) is 8.60. The molecular weight excluding hydrogens is 288 g/mol. The molecule has 0 radical (unpaired) electrons. The second-order valence-electron chi connectivity index (χ2n) is 5.72. The molecule has 2 saturated heterocycles. The molecular formula is C15H22N2O3S. The molecule has 1 aromatic heterocycles. The third-order valence-electron chi connectivity index (χ3n) is 4.31. The molecule has 3 heterocycles. The molecule has 5 nitrogen and oxygen atoms in total. The van der Waals surface area contributed by atoms with Crippen molar-refractivity contribution in [2.45, 2.75) is 18.9 Å². The molecule has 3 rings (SSSR count). The van der Waals surface area contributed by atoms with Crippen molar-refractivity contribution < 1.29 is 13.9 Å². The molecule has 1 unspecified atom stereocenters. The van der Waals surface area contributed by atoms with E-state index in [0.29, 0.717) is 12.3 Å². The van der Waals surface area contributed by atoms with Gasteiger partial charge in [-0.25, -0.2) is 0 Å². The van der Waals surface area contributed by atoms with E-state index in [1.54, 1.807) is 6.07 Å². The van der Waals surface area contributed by atoms with Crippen LogP contribution in [0.4, 0.5) is 0 Å². The summed E-state index contributed by atoms with van der Waals surface area (Å²) in [5, 5.41) is 3.06. The average Bonchev–Trinajstić information content (AvgIpc) is 3.16. The summed E-state index contributed by atoms with van der Waals surface area (Å²) in [6.45, 7) is 6.01. The zero-order chi connectivity index (χ0) is 14.7. The summed E-state index contributed by atoms with van der Waals surface area (Å²) in [4.78, 5) is 14.7. The SMILES string of the molecule is Cc1ccc(C(=O)NCC2(N3CCOCC3)CCSC2)o1. The number of furan rings is 1. The molecule has 2 aliphatic heterocycles. The van der Waals surface area contributed by atoms with Crippen LogP contribution in [0.25, 0.3) is 0 Å². The fraction of sp³-hybridized carbons (Fsp3) is 0.667. The summed E-state index contributed by atoms with van der Waals surface area (Å²) < 4.78 is 10.8. The Balaban J connectivity index is 1.64. The number of rotatable bonds is 4. The zero-order valence-electron chi connectivity index (χ0n) is 12.4. The predicted molar refractivity (Wildman–Crippen MR) is 82.8 cm³/mol. The maximum Gasteiger partial charge on any atom is 0.287 e. The van der Waals surface area contributed by atoms with Gasteiger partial charge < -0.3 is 14.5 Å². The van der Waals surface area contributed by atoms with Gasteiger partial charge in [0.1, 0.15) is 5.76 Å². The first-order valence-electron chi connectivity index (χ1n) is 7.45. The summed E-state index contributed by atoms with van der Waals surface area (Å²) in [6, 6.07) is 3.55. The van der Waals surface area contributed by atoms with E-state index in [9.17, 15) is 4.79 Å². The Hall–Kier alpha value is -0.980. The molecule has 0 bridgehead atoms. The molecule has 1 aromatic rings. The first kappa shape index (κ1) is 14.9. The third kappa shape index (κ3) is 3.27. The van der Waals surface area contributed by atoms with Crippen LogP contribution in [0.3, 0.4) is 0 Å². The zero-order valence-corrected chi connectivity index (χ0v) is 13.2. The minimum Gasteiger partial charge on any atom is -0.456 e. The minimum atomic E-state index is -0.118. The van der Waals surface area contributed by atoms with Crippen LogP contribution in [0.1, 0.15) is 22.7 Å². The number of aryl methyl sites for hydroxylation is 1. The summed E-state index contributed by atoms with van der Waals surface area (Å²) in [6.07, 6.45) is 1.12. The maximum absolute atomic E-state index is 12.2. The van der Waals surface area contributed by atoms with E-state index in [1.807, 2.05) is 24.8 Å². The molecule has 0 aromatic carbocycles. The standard InChI is InChI=1S/C15H22N2O3S/c1-12-2-3-13(20-12)14(18)16-10-15(4-9-21-11-15)17-5-7-19-8-6-17/h2-3H,4-11H2,1H3,(H,16,18). The number of nitrogens with one attached hydrogen (secondary N) is 1. The van der Waals surface area contributed by atoms with Crippen molar-refractivity contribution in [1.82, 2.24) is 10.2 Å². The largest absolute Gasteiger partial charge is 0.456 e. The van der Waals surface area contributed by atoms with Crippen LogP contribution < -0.4 is 5.32 Å². The molecule has 0 saturated carbocycles. The number of amides is 1. The fourth-order valence-electron chi connectivity index (χ4n) is 3.02. The number of carbonyl (C=O) groups excluding carboxylic acids is 1. The highest BCUT2D eigenvalue weighted by Gasteiger charge is 2.41. The molecule has 2 fully saturated rings. The lowest BCUT2D eigenvalue weighted by atomic mass is 9.95. The van der Waals surface area contributed by atoms with Gasteiger partial charge in [-0.05, 0) is 31.2 Å². The molecule has 0 aliphatic carbocycles. The van der Waals surface area contributed by atoms with E-state index < -0.39 is 0 Å². The van der Waals surface area contributed by atoms with Crippen molar-refractivity contribution in [3.05, 3.63) is 23.7 Å². The van der Waals surface area contributed by atoms with E-state index in [1.165, 1.54) is 0 Å². The molecule has 1 N–H and O–H groups in total. The quantitative estimate of drug-likeness (QED) is 0.914.